The molecular formula is C16H26N4O. The Morgan fingerprint density at radius 2 is 2.29 bits per heavy atom. The van der Waals surface area contributed by atoms with Crippen LogP contribution in [0.4, 0.5) is 0 Å². The van der Waals surface area contributed by atoms with Gasteiger partial charge in [-0.3, -0.25) is 4.90 Å². The van der Waals surface area contributed by atoms with E-state index in [0.29, 0.717) is 12.1 Å². The molecule has 0 spiro atoms. The molecule has 1 aliphatic carbocycles. The lowest BCUT2D eigenvalue weighted by atomic mass is 9.92. The molecule has 116 valence electrons. The highest BCUT2D eigenvalue weighted by atomic mass is 16.5. The molecule has 0 saturated carbocycles. The largest absolute Gasteiger partial charge is 0.368 e. The maximum Gasteiger partial charge on any atom is 0.158 e. The van der Waals surface area contributed by atoms with Gasteiger partial charge < -0.3 is 10.1 Å². The van der Waals surface area contributed by atoms with E-state index in [9.17, 15) is 0 Å². The van der Waals surface area contributed by atoms with Crippen LogP contribution in [-0.4, -0.2) is 47.7 Å². The first kappa shape index (κ1) is 14.9. The number of nitrogens with one attached hydrogen (secondary N) is 1. The second-order valence-electron chi connectivity index (χ2n) is 6.31. The van der Waals surface area contributed by atoms with E-state index in [-0.39, 0.29) is 6.10 Å². The van der Waals surface area contributed by atoms with Crippen molar-refractivity contribution < 1.29 is 4.74 Å². The molecule has 2 heterocycles. The fourth-order valence-electron chi connectivity index (χ4n) is 3.31. The number of aromatic nitrogens is 2. The molecule has 0 bridgehead atoms. The first-order chi connectivity index (χ1) is 10.2. The van der Waals surface area contributed by atoms with Crippen molar-refractivity contribution in [1.82, 2.24) is 20.2 Å². The molecule has 5 heteroatoms. The molecular weight excluding hydrogens is 264 g/mol. The van der Waals surface area contributed by atoms with Crippen LogP contribution in [0.25, 0.3) is 0 Å². The highest BCUT2D eigenvalue weighted by Crippen LogP contribution is 2.29. The lowest BCUT2D eigenvalue weighted by Gasteiger charge is -2.35. The Balaban J connectivity index is 1.80. The van der Waals surface area contributed by atoms with Crippen LogP contribution in [0.1, 0.15) is 55.9 Å². The van der Waals surface area contributed by atoms with Crippen molar-refractivity contribution in [2.45, 2.75) is 51.3 Å². The van der Waals surface area contributed by atoms with E-state index in [1.807, 2.05) is 13.2 Å². The van der Waals surface area contributed by atoms with Gasteiger partial charge >= 0.3 is 0 Å². The van der Waals surface area contributed by atoms with E-state index in [2.05, 4.69) is 29.0 Å². The van der Waals surface area contributed by atoms with E-state index in [1.54, 1.807) is 0 Å². The van der Waals surface area contributed by atoms with Gasteiger partial charge in [-0.25, -0.2) is 9.97 Å². The van der Waals surface area contributed by atoms with Gasteiger partial charge in [-0.1, -0.05) is 0 Å². The highest BCUT2D eigenvalue weighted by molar-refractivity contribution is 5.25. The molecule has 5 nitrogen and oxygen atoms in total. The fraction of sp³-hybridized carbons (Fsp3) is 0.750. The fourth-order valence-corrected chi connectivity index (χ4v) is 3.31. The second-order valence-corrected chi connectivity index (χ2v) is 6.31. The van der Waals surface area contributed by atoms with E-state index < -0.39 is 0 Å². The number of ether oxygens (including phenoxy) is 1. The molecule has 1 aromatic heterocycles. The van der Waals surface area contributed by atoms with Gasteiger partial charge in [0.25, 0.3) is 0 Å². The Morgan fingerprint density at radius 1 is 1.43 bits per heavy atom. The Kier molecular flexibility index (Phi) is 4.52. The minimum atomic E-state index is 0.0152. The molecule has 0 amide bonds. The Labute approximate surface area is 127 Å². The number of morpholine rings is 1. The summed E-state index contributed by atoms with van der Waals surface area (Å²) in [7, 11) is 2.01. The number of aryl methyl sites for hydroxylation is 1. The van der Waals surface area contributed by atoms with Crippen molar-refractivity contribution in [3.8, 4) is 0 Å². The normalized spacial score (nSPS) is 26.9. The summed E-state index contributed by atoms with van der Waals surface area (Å²) >= 11 is 0. The van der Waals surface area contributed by atoms with Gasteiger partial charge in [-0.05, 0) is 40.2 Å². The van der Waals surface area contributed by atoms with Crippen LogP contribution in [0.2, 0.25) is 0 Å². The highest BCUT2D eigenvalue weighted by Gasteiger charge is 2.27. The first-order valence-electron chi connectivity index (χ1n) is 8.07. The third kappa shape index (κ3) is 3.10. The lowest BCUT2D eigenvalue weighted by Crippen LogP contribution is -2.42. The molecule has 2 aliphatic rings. The lowest BCUT2D eigenvalue weighted by molar-refractivity contribution is -0.0444. The van der Waals surface area contributed by atoms with Crippen molar-refractivity contribution >= 4 is 0 Å². The SMILES string of the molecule is CNC1CCCc2nc(C3CN(C(C)C)CCO3)ncc21. The summed E-state index contributed by atoms with van der Waals surface area (Å²) in [5.41, 5.74) is 2.47. The average molecular weight is 290 g/mol. The Morgan fingerprint density at radius 3 is 3.05 bits per heavy atom. The molecule has 1 saturated heterocycles. The zero-order valence-electron chi connectivity index (χ0n) is 13.3. The molecule has 1 fully saturated rings. The monoisotopic (exact) mass is 290 g/mol. The maximum absolute atomic E-state index is 5.91. The van der Waals surface area contributed by atoms with Crippen molar-refractivity contribution in [3.05, 3.63) is 23.3 Å². The zero-order chi connectivity index (χ0) is 14.8. The molecule has 2 unspecified atom stereocenters. The predicted octanol–water partition coefficient (Wildman–Crippen LogP) is 1.86. The van der Waals surface area contributed by atoms with Crippen LogP contribution in [0.15, 0.2) is 6.20 Å². The summed E-state index contributed by atoms with van der Waals surface area (Å²) in [5.74, 6) is 0.857. The van der Waals surface area contributed by atoms with Crippen molar-refractivity contribution in [1.29, 1.82) is 0 Å². The number of nitrogens with zero attached hydrogens (tertiary/aromatic N) is 3. The van der Waals surface area contributed by atoms with Crippen molar-refractivity contribution in [3.63, 3.8) is 0 Å². The van der Waals surface area contributed by atoms with E-state index in [0.717, 1.165) is 31.9 Å². The van der Waals surface area contributed by atoms with E-state index in [1.165, 1.54) is 24.1 Å². The van der Waals surface area contributed by atoms with Crippen LogP contribution < -0.4 is 5.32 Å². The van der Waals surface area contributed by atoms with Crippen LogP contribution >= 0.6 is 0 Å². The predicted molar refractivity (Wildman–Crippen MR) is 82.2 cm³/mol. The summed E-state index contributed by atoms with van der Waals surface area (Å²) < 4.78 is 5.91. The molecule has 3 rings (SSSR count). The minimum absolute atomic E-state index is 0.0152. The number of hydrogen-bond acceptors (Lipinski definition) is 5. The molecule has 0 radical (unpaired) electrons. The van der Waals surface area contributed by atoms with Gasteiger partial charge in [0, 0.05) is 42.6 Å². The summed E-state index contributed by atoms with van der Waals surface area (Å²) in [4.78, 5) is 11.9. The molecule has 1 aromatic rings. The zero-order valence-corrected chi connectivity index (χ0v) is 13.3. The average Bonchev–Trinajstić information content (AvgIpc) is 2.53. The van der Waals surface area contributed by atoms with Gasteiger partial charge in [0.05, 0.1) is 6.61 Å². The maximum atomic E-state index is 5.91. The summed E-state index contributed by atoms with van der Waals surface area (Å²) in [6, 6.07) is 0.949. The molecule has 21 heavy (non-hydrogen) atoms. The topological polar surface area (TPSA) is 50.3 Å². The Hall–Kier alpha value is -1.04. The summed E-state index contributed by atoms with van der Waals surface area (Å²) in [6.07, 6.45) is 5.45. The van der Waals surface area contributed by atoms with Crippen molar-refractivity contribution in [2.75, 3.05) is 26.7 Å². The Bertz CT molecular complexity index is 491. The van der Waals surface area contributed by atoms with E-state index >= 15 is 0 Å². The summed E-state index contributed by atoms with van der Waals surface area (Å²) in [5, 5.41) is 3.36. The molecule has 1 N–H and O–H groups in total. The number of rotatable bonds is 3. The number of hydrogen-bond donors (Lipinski definition) is 1. The third-order valence-electron chi connectivity index (χ3n) is 4.67. The van der Waals surface area contributed by atoms with Gasteiger partial charge in [-0.2, -0.15) is 0 Å². The first-order valence-corrected chi connectivity index (χ1v) is 8.07. The smallest absolute Gasteiger partial charge is 0.158 e. The van der Waals surface area contributed by atoms with Gasteiger partial charge in [0.1, 0.15) is 6.10 Å². The minimum Gasteiger partial charge on any atom is -0.368 e. The quantitative estimate of drug-likeness (QED) is 0.921. The van der Waals surface area contributed by atoms with Crippen LogP contribution in [0.5, 0.6) is 0 Å². The van der Waals surface area contributed by atoms with Gasteiger partial charge in [0.2, 0.25) is 0 Å². The summed E-state index contributed by atoms with van der Waals surface area (Å²) in [6.45, 7) is 7.12. The van der Waals surface area contributed by atoms with Gasteiger partial charge in [-0.15, -0.1) is 0 Å². The molecule has 2 atom stereocenters. The van der Waals surface area contributed by atoms with Crippen LogP contribution in [-0.2, 0) is 11.2 Å². The van der Waals surface area contributed by atoms with Crippen LogP contribution in [0, 0.1) is 0 Å². The standard InChI is InChI=1S/C16H26N4O/c1-11(2)20-7-8-21-15(10-20)16-18-9-12-13(17-3)5-4-6-14(12)19-16/h9,11,13,15,17H,4-8,10H2,1-3H3. The third-order valence-corrected chi connectivity index (χ3v) is 4.67. The van der Waals surface area contributed by atoms with Crippen LogP contribution in [0.3, 0.4) is 0 Å². The molecule has 1 aliphatic heterocycles. The molecule has 0 aromatic carbocycles. The second kappa shape index (κ2) is 6.38. The number of fused-ring (bicyclic) bond motifs is 1. The van der Waals surface area contributed by atoms with Crippen molar-refractivity contribution in [2.24, 2.45) is 0 Å². The van der Waals surface area contributed by atoms with Gasteiger partial charge in [0.15, 0.2) is 5.82 Å². The van der Waals surface area contributed by atoms with E-state index in [4.69, 9.17) is 9.72 Å².